The molecule has 8 heteroatoms. The van der Waals surface area contributed by atoms with Crippen molar-refractivity contribution in [2.45, 2.75) is 51.1 Å². The minimum Gasteiger partial charge on any atom is -0.337 e. The number of amides is 2. The van der Waals surface area contributed by atoms with Gasteiger partial charge < -0.3 is 14.8 Å². The van der Waals surface area contributed by atoms with Gasteiger partial charge in [-0.1, -0.05) is 0 Å². The third-order valence-electron chi connectivity index (χ3n) is 6.50. The standard InChI is InChI=1S/C23H25FN4O3/c24-16-8-6-15(7-9-16)23(31)28-11-2-1-3-19(28)20-25-18-10-12-27(22(30)14-4-5-14)13-17(18)21(29)26-20/h6-9,14,19H,1-5,10-13H2,(H,25,26,29). The van der Waals surface area contributed by atoms with Crippen LogP contribution in [-0.2, 0) is 17.8 Å². The summed E-state index contributed by atoms with van der Waals surface area (Å²) in [5.41, 5.74) is 1.46. The van der Waals surface area contributed by atoms with E-state index >= 15 is 0 Å². The fourth-order valence-corrected chi connectivity index (χ4v) is 4.60. The van der Waals surface area contributed by atoms with E-state index in [4.69, 9.17) is 4.98 Å². The summed E-state index contributed by atoms with van der Waals surface area (Å²) in [5, 5.41) is 0. The topological polar surface area (TPSA) is 86.4 Å². The highest BCUT2D eigenvalue weighted by Crippen LogP contribution is 2.33. The normalized spacial score (nSPS) is 21.0. The predicted octanol–water partition coefficient (Wildman–Crippen LogP) is 2.57. The van der Waals surface area contributed by atoms with E-state index in [1.165, 1.54) is 24.3 Å². The molecule has 0 bridgehead atoms. The van der Waals surface area contributed by atoms with Crippen LogP contribution in [0.2, 0.25) is 0 Å². The molecule has 1 unspecified atom stereocenters. The van der Waals surface area contributed by atoms with Gasteiger partial charge in [0.1, 0.15) is 11.6 Å². The van der Waals surface area contributed by atoms with Crippen LogP contribution in [0.5, 0.6) is 0 Å². The fraction of sp³-hybridized carbons (Fsp3) is 0.478. The van der Waals surface area contributed by atoms with Gasteiger partial charge in [-0.25, -0.2) is 9.37 Å². The molecule has 2 fully saturated rings. The van der Waals surface area contributed by atoms with Crippen LogP contribution < -0.4 is 5.56 Å². The average molecular weight is 424 g/mol. The minimum absolute atomic E-state index is 0.126. The van der Waals surface area contributed by atoms with Crippen molar-refractivity contribution < 1.29 is 14.0 Å². The van der Waals surface area contributed by atoms with Crippen molar-refractivity contribution in [3.8, 4) is 0 Å². The number of hydrogen-bond donors (Lipinski definition) is 1. The summed E-state index contributed by atoms with van der Waals surface area (Å²) in [5.74, 6) is 0.187. The van der Waals surface area contributed by atoms with Crippen molar-refractivity contribution >= 4 is 11.8 Å². The Hall–Kier alpha value is -3.03. The van der Waals surface area contributed by atoms with Crippen LogP contribution in [0.15, 0.2) is 29.1 Å². The lowest BCUT2D eigenvalue weighted by Crippen LogP contribution is -2.43. The van der Waals surface area contributed by atoms with Gasteiger partial charge >= 0.3 is 0 Å². The van der Waals surface area contributed by atoms with Gasteiger partial charge in [0, 0.05) is 31.0 Å². The summed E-state index contributed by atoms with van der Waals surface area (Å²) in [6.07, 6.45) is 4.94. The van der Waals surface area contributed by atoms with Crippen LogP contribution >= 0.6 is 0 Å². The number of benzene rings is 1. The number of carbonyl (C=O) groups excluding carboxylic acids is 2. The Balaban J connectivity index is 1.41. The maximum atomic E-state index is 13.3. The van der Waals surface area contributed by atoms with Gasteiger partial charge in [0.25, 0.3) is 11.5 Å². The third-order valence-corrected chi connectivity index (χ3v) is 6.50. The van der Waals surface area contributed by atoms with Crippen molar-refractivity contribution in [2.75, 3.05) is 13.1 Å². The number of piperidine rings is 1. The molecule has 5 rings (SSSR count). The van der Waals surface area contributed by atoms with Crippen molar-refractivity contribution in [1.29, 1.82) is 0 Å². The average Bonchev–Trinajstić information content (AvgIpc) is 3.64. The second kappa shape index (κ2) is 7.90. The van der Waals surface area contributed by atoms with Crippen LogP contribution in [0.1, 0.15) is 65.6 Å². The van der Waals surface area contributed by atoms with Crippen molar-refractivity contribution in [3.63, 3.8) is 0 Å². The fourth-order valence-electron chi connectivity index (χ4n) is 4.60. The van der Waals surface area contributed by atoms with Crippen LogP contribution in [0, 0.1) is 11.7 Å². The van der Waals surface area contributed by atoms with Gasteiger partial charge in [0.2, 0.25) is 5.91 Å². The molecule has 3 heterocycles. The van der Waals surface area contributed by atoms with Crippen LogP contribution in [0.25, 0.3) is 0 Å². The Labute approximate surface area is 179 Å². The highest BCUT2D eigenvalue weighted by molar-refractivity contribution is 5.94. The third kappa shape index (κ3) is 3.86. The molecule has 1 aromatic carbocycles. The van der Waals surface area contributed by atoms with E-state index in [0.717, 1.165) is 31.4 Å². The van der Waals surface area contributed by atoms with E-state index in [2.05, 4.69) is 4.98 Å². The van der Waals surface area contributed by atoms with Crippen LogP contribution in [0.4, 0.5) is 4.39 Å². The summed E-state index contributed by atoms with van der Waals surface area (Å²) in [4.78, 5) is 49.5. The smallest absolute Gasteiger partial charge is 0.256 e. The zero-order valence-corrected chi connectivity index (χ0v) is 17.3. The van der Waals surface area contributed by atoms with Crippen molar-refractivity contribution in [3.05, 3.63) is 63.1 Å². The summed E-state index contributed by atoms with van der Waals surface area (Å²) in [6.45, 7) is 1.43. The highest BCUT2D eigenvalue weighted by Gasteiger charge is 2.36. The maximum Gasteiger partial charge on any atom is 0.256 e. The lowest BCUT2D eigenvalue weighted by molar-refractivity contribution is -0.133. The molecule has 1 saturated carbocycles. The molecule has 0 radical (unpaired) electrons. The summed E-state index contributed by atoms with van der Waals surface area (Å²) < 4.78 is 13.3. The molecule has 31 heavy (non-hydrogen) atoms. The highest BCUT2D eigenvalue weighted by atomic mass is 19.1. The number of aromatic amines is 1. The monoisotopic (exact) mass is 424 g/mol. The first-order valence-corrected chi connectivity index (χ1v) is 11.0. The number of carbonyl (C=O) groups is 2. The molecule has 2 aromatic rings. The molecule has 2 aliphatic heterocycles. The zero-order valence-electron chi connectivity index (χ0n) is 17.3. The van der Waals surface area contributed by atoms with Crippen LogP contribution in [0.3, 0.4) is 0 Å². The first kappa shape index (κ1) is 19.9. The number of nitrogens with zero attached hydrogens (tertiary/aromatic N) is 3. The molecular weight excluding hydrogens is 399 g/mol. The maximum absolute atomic E-state index is 13.3. The Bertz CT molecular complexity index is 1080. The largest absolute Gasteiger partial charge is 0.337 e. The van der Waals surface area contributed by atoms with Gasteiger partial charge in [0.15, 0.2) is 0 Å². The molecule has 1 N–H and O–H groups in total. The minimum atomic E-state index is -0.387. The lowest BCUT2D eigenvalue weighted by atomic mass is 9.99. The molecule has 1 aliphatic carbocycles. The molecule has 1 aromatic heterocycles. The SMILES string of the molecule is O=C(C1CC1)N1CCc2nc(C3CCCCN3C(=O)c3ccc(F)cc3)[nH]c(=O)c2C1. The summed E-state index contributed by atoms with van der Waals surface area (Å²) in [6, 6.07) is 5.20. The molecule has 1 saturated heterocycles. The zero-order chi connectivity index (χ0) is 21.5. The van der Waals surface area contributed by atoms with Gasteiger partial charge in [-0.05, 0) is 56.4 Å². The Morgan fingerprint density at radius 1 is 1.06 bits per heavy atom. The molecule has 2 amide bonds. The van der Waals surface area contributed by atoms with Gasteiger partial charge in [-0.2, -0.15) is 0 Å². The van der Waals surface area contributed by atoms with E-state index in [-0.39, 0.29) is 35.2 Å². The van der Waals surface area contributed by atoms with Gasteiger partial charge in [-0.3, -0.25) is 14.4 Å². The molecule has 3 aliphatic rings. The van der Waals surface area contributed by atoms with E-state index in [1.807, 2.05) is 0 Å². The second-order valence-electron chi connectivity index (χ2n) is 8.68. The molecule has 1 atom stereocenters. The number of nitrogens with one attached hydrogen (secondary N) is 1. The summed E-state index contributed by atoms with van der Waals surface area (Å²) >= 11 is 0. The number of H-pyrrole nitrogens is 1. The van der Waals surface area contributed by atoms with E-state index in [9.17, 15) is 18.8 Å². The quantitative estimate of drug-likeness (QED) is 0.821. The van der Waals surface area contributed by atoms with Gasteiger partial charge in [0.05, 0.1) is 23.8 Å². The predicted molar refractivity (Wildman–Crippen MR) is 111 cm³/mol. The van der Waals surface area contributed by atoms with Gasteiger partial charge in [-0.15, -0.1) is 0 Å². The van der Waals surface area contributed by atoms with Crippen molar-refractivity contribution in [2.24, 2.45) is 5.92 Å². The molecule has 7 nitrogen and oxygen atoms in total. The van der Waals surface area contributed by atoms with Crippen molar-refractivity contribution in [1.82, 2.24) is 19.8 Å². The number of fused-ring (bicyclic) bond motifs is 1. The Kier molecular flexibility index (Phi) is 5.08. The first-order chi connectivity index (χ1) is 15.0. The number of hydrogen-bond acceptors (Lipinski definition) is 4. The second-order valence-corrected chi connectivity index (χ2v) is 8.68. The lowest BCUT2D eigenvalue weighted by Gasteiger charge is -2.36. The molecular formula is C23H25FN4O3. The van der Waals surface area contributed by atoms with Crippen LogP contribution in [-0.4, -0.2) is 44.7 Å². The number of likely N-dealkylation sites (tertiary alicyclic amines) is 1. The van der Waals surface area contributed by atoms with E-state index in [0.29, 0.717) is 49.4 Å². The number of rotatable bonds is 3. The van der Waals surface area contributed by atoms with E-state index in [1.54, 1.807) is 9.80 Å². The van der Waals surface area contributed by atoms with E-state index < -0.39 is 0 Å². The molecule has 162 valence electrons. The number of halogens is 1. The Morgan fingerprint density at radius 2 is 1.84 bits per heavy atom. The number of aromatic nitrogens is 2. The molecule has 0 spiro atoms. The Morgan fingerprint density at radius 3 is 2.58 bits per heavy atom. The first-order valence-electron chi connectivity index (χ1n) is 11.0. The summed E-state index contributed by atoms with van der Waals surface area (Å²) in [7, 11) is 0.